The molecule has 0 bridgehead atoms. The Bertz CT molecular complexity index is 672. The summed E-state index contributed by atoms with van der Waals surface area (Å²) in [5.41, 5.74) is 0.455. The number of carbonyl (C=O) groups excluding carboxylic acids is 1. The van der Waals surface area contributed by atoms with Crippen LogP contribution in [0.2, 0.25) is 0 Å². The quantitative estimate of drug-likeness (QED) is 0.464. The number of nitrogens with zero attached hydrogens (tertiary/aromatic N) is 2. The van der Waals surface area contributed by atoms with E-state index < -0.39 is 4.92 Å². The number of nitro groups is 1. The Kier molecular flexibility index (Phi) is 5.42. The van der Waals surface area contributed by atoms with E-state index in [1.165, 1.54) is 17.4 Å². The summed E-state index contributed by atoms with van der Waals surface area (Å²) in [5, 5.41) is 17.5. The van der Waals surface area contributed by atoms with Gasteiger partial charge in [0.15, 0.2) is 0 Å². The van der Waals surface area contributed by atoms with Crippen LogP contribution in [0.1, 0.15) is 21.6 Å². The maximum absolute atomic E-state index is 11.9. The second-order valence-electron chi connectivity index (χ2n) is 4.43. The van der Waals surface area contributed by atoms with Gasteiger partial charge in [-0.05, 0) is 12.5 Å². The molecule has 1 aromatic carbocycles. The molecule has 8 heteroatoms. The largest absolute Gasteiger partial charge is 0.378 e. The Morgan fingerprint density at radius 2 is 2.14 bits per heavy atom. The van der Waals surface area contributed by atoms with E-state index >= 15 is 0 Å². The number of hydrogen-bond acceptors (Lipinski definition) is 6. The molecule has 7 nitrogen and oxygen atoms in total. The Morgan fingerprint density at radius 1 is 1.36 bits per heavy atom. The van der Waals surface area contributed by atoms with Crippen molar-refractivity contribution in [3.05, 3.63) is 50.5 Å². The van der Waals surface area contributed by atoms with Crippen molar-refractivity contribution in [2.45, 2.75) is 13.3 Å². The summed E-state index contributed by atoms with van der Waals surface area (Å²) in [7, 11) is 0. The van der Waals surface area contributed by atoms with Gasteiger partial charge < -0.3 is 10.6 Å². The van der Waals surface area contributed by atoms with Crippen LogP contribution < -0.4 is 10.6 Å². The second-order valence-corrected chi connectivity index (χ2v) is 5.54. The van der Waals surface area contributed by atoms with Crippen LogP contribution in [0.4, 0.5) is 11.4 Å². The Hall–Kier alpha value is -2.48. The molecule has 0 aliphatic rings. The van der Waals surface area contributed by atoms with Gasteiger partial charge in [0.05, 0.1) is 16.1 Å². The molecule has 116 valence electrons. The van der Waals surface area contributed by atoms with Gasteiger partial charge >= 0.3 is 0 Å². The Labute approximate surface area is 131 Å². The zero-order valence-electron chi connectivity index (χ0n) is 12.0. The molecule has 2 N–H and O–H groups in total. The smallest absolute Gasteiger partial charge is 0.292 e. The van der Waals surface area contributed by atoms with Crippen molar-refractivity contribution in [2.24, 2.45) is 0 Å². The molecule has 1 amide bonds. The highest BCUT2D eigenvalue weighted by atomic mass is 32.1. The van der Waals surface area contributed by atoms with Crippen LogP contribution >= 0.6 is 11.3 Å². The molecule has 0 saturated carbocycles. The first-order valence-corrected chi connectivity index (χ1v) is 7.63. The van der Waals surface area contributed by atoms with Crippen molar-refractivity contribution in [3.8, 4) is 0 Å². The van der Waals surface area contributed by atoms with Crippen LogP contribution in [-0.2, 0) is 6.42 Å². The van der Waals surface area contributed by atoms with Gasteiger partial charge in [-0.15, -0.1) is 11.3 Å². The molecule has 2 aromatic rings. The van der Waals surface area contributed by atoms with Crippen LogP contribution in [0.5, 0.6) is 0 Å². The van der Waals surface area contributed by atoms with Gasteiger partial charge in [0.25, 0.3) is 11.6 Å². The molecular weight excluding hydrogens is 304 g/mol. The Morgan fingerprint density at radius 3 is 2.82 bits per heavy atom. The lowest BCUT2D eigenvalue weighted by Gasteiger charge is -2.07. The molecule has 1 aromatic heterocycles. The molecule has 2 rings (SSSR count). The highest BCUT2D eigenvalue weighted by molar-refractivity contribution is 7.13. The summed E-state index contributed by atoms with van der Waals surface area (Å²) in [5.74, 6) is -0.179. The fraction of sp³-hybridized carbons (Fsp3) is 0.286. The highest BCUT2D eigenvalue weighted by Crippen LogP contribution is 2.22. The lowest BCUT2D eigenvalue weighted by atomic mass is 10.2. The summed E-state index contributed by atoms with van der Waals surface area (Å²) in [6.07, 6.45) is 2.37. The normalized spacial score (nSPS) is 10.2. The molecule has 22 heavy (non-hydrogen) atoms. The first kappa shape index (κ1) is 15.9. The topological polar surface area (TPSA) is 97.2 Å². The minimum absolute atomic E-state index is 0.0175. The third kappa shape index (κ3) is 4.01. The van der Waals surface area contributed by atoms with E-state index in [9.17, 15) is 14.9 Å². The van der Waals surface area contributed by atoms with E-state index in [2.05, 4.69) is 15.6 Å². The number of hydrogen-bond donors (Lipinski definition) is 2. The number of para-hydroxylation sites is 2. The van der Waals surface area contributed by atoms with Crippen LogP contribution in [0.15, 0.2) is 30.5 Å². The molecule has 0 spiro atoms. The minimum atomic E-state index is -0.440. The summed E-state index contributed by atoms with van der Waals surface area (Å²) < 4.78 is 0. The molecule has 0 unspecified atom stereocenters. The molecular formula is C14H16N4O3S. The number of thiazole rings is 1. The fourth-order valence-corrected chi connectivity index (χ4v) is 2.60. The molecule has 0 fully saturated rings. The van der Waals surface area contributed by atoms with E-state index in [0.29, 0.717) is 23.7 Å². The molecule has 1 heterocycles. The zero-order chi connectivity index (χ0) is 15.9. The standard InChI is InChI=1S/C14H16N4O3S/c1-2-13-17-9-12(22-13)14(19)16-8-7-15-10-5-3-4-6-11(10)18(20)21/h3-6,9,15H,2,7-8H2,1H3,(H,16,19). The maximum atomic E-state index is 11.9. The third-order valence-corrected chi connectivity index (χ3v) is 4.05. The second kappa shape index (κ2) is 7.51. The number of carbonyl (C=O) groups is 1. The number of nitrogens with one attached hydrogen (secondary N) is 2. The fourth-order valence-electron chi connectivity index (χ4n) is 1.82. The Balaban J connectivity index is 1.82. The van der Waals surface area contributed by atoms with Crippen molar-refractivity contribution in [2.75, 3.05) is 18.4 Å². The lowest BCUT2D eigenvalue weighted by Crippen LogP contribution is -2.28. The van der Waals surface area contributed by atoms with E-state index in [4.69, 9.17) is 0 Å². The SMILES string of the molecule is CCc1ncc(C(=O)NCCNc2ccccc2[N+](=O)[O-])s1. The summed E-state index contributed by atoms with van der Waals surface area (Å²) in [4.78, 5) is 27.0. The van der Waals surface area contributed by atoms with Gasteiger partial charge in [-0.1, -0.05) is 19.1 Å². The van der Waals surface area contributed by atoms with Crippen LogP contribution in [0, 0.1) is 10.1 Å². The van der Waals surface area contributed by atoms with Gasteiger partial charge in [0, 0.05) is 19.2 Å². The maximum Gasteiger partial charge on any atom is 0.292 e. The first-order chi connectivity index (χ1) is 10.6. The van der Waals surface area contributed by atoms with Gasteiger partial charge in [-0.2, -0.15) is 0 Å². The number of aromatic nitrogens is 1. The van der Waals surface area contributed by atoms with Crippen molar-refractivity contribution in [1.82, 2.24) is 10.3 Å². The van der Waals surface area contributed by atoms with Crippen molar-refractivity contribution in [1.29, 1.82) is 0 Å². The van der Waals surface area contributed by atoms with E-state index in [-0.39, 0.29) is 11.6 Å². The van der Waals surface area contributed by atoms with Crippen LogP contribution in [0.25, 0.3) is 0 Å². The average molecular weight is 320 g/mol. The van der Waals surface area contributed by atoms with Crippen molar-refractivity contribution < 1.29 is 9.72 Å². The van der Waals surface area contributed by atoms with Gasteiger partial charge in [-0.25, -0.2) is 4.98 Å². The highest BCUT2D eigenvalue weighted by Gasteiger charge is 2.12. The molecule has 0 radical (unpaired) electrons. The predicted molar refractivity (Wildman–Crippen MR) is 85.4 cm³/mol. The molecule has 0 aliphatic heterocycles. The van der Waals surface area contributed by atoms with Gasteiger partial charge in [0.2, 0.25) is 0 Å². The van der Waals surface area contributed by atoms with Gasteiger partial charge in [0.1, 0.15) is 10.6 Å². The summed E-state index contributed by atoms with van der Waals surface area (Å²) in [6, 6.07) is 6.40. The molecule has 0 atom stereocenters. The van der Waals surface area contributed by atoms with Crippen LogP contribution in [0.3, 0.4) is 0 Å². The van der Waals surface area contributed by atoms with Crippen molar-refractivity contribution in [3.63, 3.8) is 0 Å². The van der Waals surface area contributed by atoms with E-state index in [1.807, 2.05) is 6.92 Å². The first-order valence-electron chi connectivity index (χ1n) is 6.82. The van der Waals surface area contributed by atoms with Crippen LogP contribution in [-0.4, -0.2) is 28.9 Å². The number of nitro benzene ring substituents is 1. The van der Waals surface area contributed by atoms with Gasteiger partial charge in [-0.3, -0.25) is 14.9 Å². The predicted octanol–water partition coefficient (Wildman–Crippen LogP) is 2.46. The number of rotatable bonds is 7. The summed E-state index contributed by atoms with van der Waals surface area (Å²) >= 11 is 1.37. The lowest BCUT2D eigenvalue weighted by molar-refractivity contribution is -0.384. The number of anilines is 1. The zero-order valence-corrected chi connectivity index (χ0v) is 12.9. The van der Waals surface area contributed by atoms with E-state index in [0.717, 1.165) is 11.4 Å². The summed E-state index contributed by atoms with van der Waals surface area (Å²) in [6.45, 7) is 2.75. The average Bonchev–Trinajstić information content (AvgIpc) is 3.00. The number of amides is 1. The van der Waals surface area contributed by atoms with Crippen molar-refractivity contribution >= 4 is 28.6 Å². The molecule has 0 saturated heterocycles. The van der Waals surface area contributed by atoms with E-state index in [1.54, 1.807) is 24.4 Å². The number of benzene rings is 1. The third-order valence-electron chi connectivity index (χ3n) is 2.91. The minimum Gasteiger partial charge on any atom is -0.378 e. The molecule has 0 aliphatic carbocycles. The monoisotopic (exact) mass is 320 g/mol. The number of aryl methyl sites for hydroxylation is 1.